The van der Waals surface area contributed by atoms with Crippen LogP contribution in [0.2, 0.25) is 5.02 Å². The molecular weight excluding hydrogens is 416 g/mol. The van der Waals surface area contributed by atoms with Gasteiger partial charge in [-0.2, -0.15) is 0 Å². The number of ether oxygens (including phenoxy) is 1. The topological polar surface area (TPSA) is 84.5 Å². The second-order valence-corrected chi connectivity index (χ2v) is 7.18. The number of rotatable bonds is 7. The Morgan fingerprint density at radius 3 is 2.35 bits per heavy atom. The molecule has 7 heteroatoms. The second kappa shape index (κ2) is 10.4. The molecule has 3 aromatic rings. The highest BCUT2D eigenvalue weighted by Gasteiger charge is 2.12. The number of esters is 1. The third kappa shape index (κ3) is 6.42. The molecule has 31 heavy (non-hydrogen) atoms. The molecule has 0 unspecified atom stereocenters. The fourth-order valence-electron chi connectivity index (χ4n) is 2.93. The van der Waals surface area contributed by atoms with E-state index in [1.807, 2.05) is 24.3 Å². The van der Waals surface area contributed by atoms with Gasteiger partial charge in [0.2, 0.25) is 5.91 Å². The van der Waals surface area contributed by atoms with E-state index in [4.69, 9.17) is 16.3 Å². The SMILES string of the molecule is CC(=O)Oc1cccc(C(=O)Nc2ccccc2CNC(=O)Cc2ccccc2Cl)c1. The number of halogens is 1. The van der Waals surface area contributed by atoms with Crippen LogP contribution < -0.4 is 15.4 Å². The van der Waals surface area contributed by atoms with Crippen LogP contribution in [0.4, 0.5) is 5.69 Å². The highest BCUT2D eigenvalue weighted by atomic mass is 35.5. The van der Waals surface area contributed by atoms with Crippen molar-refractivity contribution >= 4 is 35.1 Å². The Morgan fingerprint density at radius 2 is 1.61 bits per heavy atom. The van der Waals surface area contributed by atoms with Crippen LogP contribution in [0, 0.1) is 0 Å². The molecule has 0 saturated heterocycles. The van der Waals surface area contributed by atoms with Crippen LogP contribution in [0.5, 0.6) is 5.75 Å². The fourth-order valence-corrected chi connectivity index (χ4v) is 3.13. The smallest absolute Gasteiger partial charge is 0.308 e. The highest BCUT2D eigenvalue weighted by Crippen LogP contribution is 2.19. The van der Waals surface area contributed by atoms with E-state index in [0.717, 1.165) is 11.1 Å². The summed E-state index contributed by atoms with van der Waals surface area (Å²) in [6.07, 6.45) is 0.164. The van der Waals surface area contributed by atoms with Gasteiger partial charge in [-0.3, -0.25) is 14.4 Å². The maximum absolute atomic E-state index is 12.7. The Kier molecular flexibility index (Phi) is 7.40. The first-order valence-corrected chi connectivity index (χ1v) is 9.98. The normalized spacial score (nSPS) is 10.3. The molecule has 0 bridgehead atoms. The Bertz CT molecular complexity index is 1110. The average molecular weight is 437 g/mol. The quantitative estimate of drug-likeness (QED) is 0.425. The molecule has 6 nitrogen and oxygen atoms in total. The minimum atomic E-state index is -0.463. The number of benzene rings is 3. The van der Waals surface area contributed by atoms with E-state index < -0.39 is 5.97 Å². The van der Waals surface area contributed by atoms with Crippen LogP contribution in [0.25, 0.3) is 0 Å². The maximum Gasteiger partial charge on any atom is 0.308 e. The van der Waals surface area contributed by atoms with E-state index in [-0.39, 0.29) is 24.8 Å². The number of amides is 2. The van der Waals surface area contributed by atoms with Gasteiger partial charge in [0.25, 0.3) is 5.91 Å². The Hall–Kier alpha value is -3.64. The molecule has 0 heterocycles. The monoisotopic (exact) mass is 436 g/mol. The standard InChI is InChI=1S/C24H21ClN2O4/c1-16(28)31-20-10-6-9-18(13-20)24(30)27-22-12-5-3-8-19(22)15-26-23(29)14-17-7-2-4-11-21(17)25/h2-13H,14-15H2,1H3,(H,26,29)(H,27,30). The number of carbonyl (C=O) groups excluding carboxylic acids is 3. The molecule has 2 N–H and O–H groups in total. The summed E-state index contributed by atoms with van der Waals surface area (Å²) >= 11 is 6.11. The van der Waals surface area contributed by atoms with E-state index in [0.29, 0.717) is 22.0 Å². The van der Waals surface area contributed by atoms with Crippen LogP contribution >= 0.6 is 11.6 Å². The summed E-state index contributed by atoms with van der Waals surface area (Å²) in [6, 6.07) is 20.7. The van der Waals surface area contributed by atoms with Gasteiger partial charge in [-0.25, -0.2) is 0 Å². The number of hydrogen-bond acceptors (Lipinski definition) is 4. The van der Waals surface area contributed by atoms with Crippen molar-refractivity contribution in [3.8, 4) is 5.75 Å². The van der Waals surface area contributed by atoms with Gasteiger partial charge < -0.3 is 15.4 Å². The van der Waals surface area contributed by atoms with Crippen molar-refractivity contribution in [1.29, 1.82) is 0 Å². The average Bonchev–Trinajstić information content (AvgIpc) is 2.74. The summed E-state index contributed by atoms with van der Waals surface area (Å²) < 4.78 is 5.03. The van der Waals surface area contributed by atoms with Gasteiger partial charge in [-0.1, -0.05) is 54.1 Å². The van der Waals surface area contributed by atoms with Crippen molar-refractivity contribution in [2.24, 2.45) is 0 Å². The van der Waals surface area contributed by atoms with Gasteiger partial charge >= 0.3 is 5.97 Å². The number of para-hydroxylation sites is 1. The zero-order valence-electron chi connectivity index (χ0n) is 16.9. The van der Waals surface area contributed by atoms with E-state index >= 15 is 0 Å². The van der Waals surface area contributed by atoms with Crippen LogP contribution in [-0.2, 0) is 22.6 Å². The van der Waals surface area contributed by atoms with Crippen molar-refractivity contribution < 1.29 is 19.1 Å². The molecule has 0 aliphatic heterocycles. The number of anilines is 1. The van der Waals surface area contributed by atoms with E-state index in [2.05, 4.69) is 10.6 Å². The summed E-state index contributed by atoms with van der Waals surface area (Å²) in [4.78, 5) is 36.1. The predicted octanol–water partition coefficient (Wildman–Crippen LogP) is 4.38. The molecule has 0 fully saturated rings. The van der Waals surface area contributed by atoms with Crippen LogP contribution in [0.1, 0.15) is 28.4 Å². The van der Waals surface area contributed by atoms with Gasteiger partial charge in [0, 0.05) is 29.7 Å². The molecule has 158 valence electrons. The molecule has 3 aromatic carbocycles. The third-order valence-electron chi connectivity index (χ3n) is 4.41. The predicted molar refractivity (Wildman–Crippen MR) is 119 cm³/mol. The lowest BCUT2D eigenvalue weighted by atomic mass is 10.1. The lowest BCUT2D eigenvalue weighted by Crippen LogP contribution is -2.25. The zero-order valence-corrected chi connectivity index (χ0v) is 17.6. The summed E-state index contributed by atoms with van der Waals surface area (Å²) in [5.74, 6) is -0.706. The molecule has 0 aliphatic rings. The van der Waals surface area contributed by atoms with Crippen molar-refractivity contribution in [3.05, 3.63) is 94.5 Å². The van der Waals surface area contributed by atoms with Gasteiger partial charge in [0.05, 0.1) is 6.42 Å². The fraction of sp³-hybridized carbons (Fsp3) is 0.125. The molecular formula is C24H21ClN2O4. The zero-order chi connectivity index (χ0) is 22.2. The van der Waals surface area contributed by atoms with E-state index in [9.17, 15) is 14.4 Å². The molecule has 0 aliphatic carbocycles. The molecule has 0 saturated carbocycles. The number of nitrogens with one attached hydrogen (secondary N) is 2. The van der Waals surface area contributed by atoms with Gasteiger partial charge in [0.15, 0.2) is 0 Å². The second-order valence-electron chi connectivity index (χ2n) is 6.78. The molecule has 3 rings (SSSR count). The summed E-state index contributed by atoms with van der Waals surface area (Å²) in [5, 5.41) is 6.23. The summed E-state index contributed by atoms with van der Waals surface area (Å²) in [6.45, 7) is 1.54. The molecule has 2 amide bonds. The summed E-state index contributed by atoms with van der Waals surface area (Å²) in [7, 11) is 0. The Balaban J connectivity index is 1.65. The van der Waals surface area contributed by atoms with Gasteiger partial charge in [0.1, 0.15) is 5.75 Å². The van der Waals surface area contributed by atoms with Crippen LogP contribution in [0.15, 0.2) is 72.8 Å². The van der Waals surface area contributed by atoms with E-state index in [1.165, 1.54) is 13.0 Å². The lowest BCUT2D eigenvalue weighted by molar-refractivity contribution is -0.131. The summed E-state index contributed by atoms with van der Waals surface area (Å²) in [5.41, 5.74) is 2.41. The Labute approximate surface area is 185 Å². The minimum Gasteiger partial charge on any atom is -0.427 e. The first-order valence-electron chi connectivity index (χ1n) is 9.60. The largest absolute Gasteiger partial charge is 0.427 e. The van der Waals surface area contributed by atoms with Crippen molar-refractivity contribution in [1.82, 2.24) is 5.32 Å². The maximum atomic E-state index is 12.7. The molecule has 0 aromatic heterocycles. The number of hydrogen-bond donors (Lipinski definition) is 2. The molecule has 0 radical (unpaired) electrons. The van der Waals surface area contributed by atoms with E-state index in [1.54, 1.807) is 42.5 Å². The first kappa shape index (κ1) is 22.1. The van der Waals surface area contributed by atoms with Gasteiger partial charge in [-0.15, -0.1) is 0 Å². The van der Waals surface area contributed by atoms with Gasteiger partial charge in [-0.05, 0) is 41.5 Å². The lowest BCUT2D eigenvalue weighted by Gasteiger charge is -2.13. The molecule has 0 atom stereocenters. The van der Waals surface area contributed by atoms with Crippen molar-refractivity contribution in [2.45, 2.75) is 19.9 Å². The van der Waals surface area contributed by atoms with Crippen LogP contribution in [0.3, 0.4) is 0 Å². The van der Waals surface area contributed by atoms with Crippen molar-refractivity contribution in [3.63, 3.8) is 0 Å². The van der Waals surface area contributed by atoms with Crippen LogP contribution in [-0.4, -0.2) is 17.8 Å². The minimum absolute atomic E-state index is 0.164. The third-order valence-corrected chi connectivity index (χ3v) is 4.78. The number of carbonyl (C=O) groups is 3. The first-order chi connectivity index (χ1) is 14.9. The van der Waals surface area contributed by atoms with Crippen molar-refractivity contribution in [2.75, 3.05) is 5.32 Å². The highest BCUT2D eigenvalue weighted by molar-refractivity contribution is 6.31. The Morgan fingerprint density at radius 1 is 0.903 bits per heavy atom. The molecule has 0 spiro atoms.